The van der Waals surface area contributed by atoms with E-state index in [2.05, 4.69) is 54.3 Å². The van der Waals surface area contributed by atoms with Crippen LogP contribution in [0.2, 0.25) is 0 Å². The molecule has 0 atom stereocenters. The van der Waals surface area contributed by atoms with Crippen molar-refractivity contribution in [3.8, 4) is 0 Å². The van der Waals surface area contributed by atoms with Crippen LogP contribution >= 0.6 is 0 Å². The highest BCUT2D eigenvalue weighted by Crippen LogP contribution is 2.30. The molecule has 0 radical (unpaired) electrons. The molecule has 98 valence electrons. The number of hydrogen-bond donors (Lipinski definition) is 1. The minimum atomic E-state index is 0.597. The van der Waals surface area contributed by atoms with Gasteiger partial charge in [0.05, 0.1) is 0 Å². The summed E-state index contributed by atoms with van der Waals surface area (Å²) in [5.41, 5.74) is 9.89. The third kappa shape index (κ3) is 2.24. The van der Waals surface area contributed by atoms with Gasteiger partial charge >= 0.3 is 0 Å². The topological polar surface area (TPSA) is 29.3 Å². The van der Waals surface area contributed by atoms with Gasteiger partial charge < -0.3 is 10.6 Å². The lowest BCUT2D eigenvalue weighted by Gasteiger charge is -2.29. The SMILES string of the molecule is CC1=CCN(c2ccc(CN)c3ccccc23)CC1. The van der Waals surface area contributed by atoms with Crippen molar-refractivity contribution in [2.24, 2.45) is 5.73 Å². The van der Waals surface area contributed by atoms with Crippen LogP contribution in [0, 0.1) is 0 Å². The molecule has 3 rings (SSSR count). The Morgan fingerprint density at radius 1 is 1.11 bits per heavy atom. The molecule has 1 heterocycles. The van der Waals surface area contributed by atoms with Crippen molar-refractivity contribution in [2.75, 3.05) is 18.0 Å². The highest BCUT2D eigenvalue weighted by molar-refractivity contribution is 5.96. The molecule has 0 fully saturated rings. The number of hydrogen-bond acceptors (Lipinski definition) is 2. The van der Waals surface area contributed by atoms with E-state index in [4.69, 9.17) is 5.73 Å². The Labute approximate surface area is 114 Å². The molecule has 0 spiro atoms. The van der Waals surface area contributed by atoms with E-state index < -0.39 is 0 Å². The number of benzene rings is 2. The molecule has 0 amide bonds. The van der Waals surface area contributed by atoms with Crippen molar-refractivity contribution in [2.45, 2.75) is 19.9 Å². The van der Waals surface area contributed by atoms with Crippen LogP contribution in [-0.4, -0.2) is 13.1 Å². The molecule has 1 aliphatic rings. The Morgan fingerprint density at radius 3 is 2.58 bits per heavy atom. The van der Waals surface area contributed by atoms with E-state index in [1.165, 1.54) is 27.6 Å². The highest BCUT2D eigenvalue weighted by Gasteiger charge is 2.13. The van der Waals surface area contributed by atoms with E-state index in [1.54, 1.807) is 0 Å². The molecule has 0 aliphatic carbocycles. The molecule has 2 aromatic carbocycles. The Balaban J connectivity index is 2.10. The largest absolute Gasteiger partial charge is 0.367 e. The first-order valence-electron chi connectivity index (χ1n) is 6.91. The molecule has 0 unspecified atom stereocenters. The van der Waals surface area contributed by atoms with E-state index in [1.807, 2.05) is 0 Å². The van der Waals surface area contributed by atoms with E-state index >= 15 is 0 Å². The Kier molecular flexibility index (Phi) is 3.26. The summed E-state index contributed by atoms with van der Waals surface area (Å²) in [4.78, 5) is 2.45. The number of nitrogens with zero attached hydrogens (tertiary/aromatic N) is 1. The van der Waals surface area contributed by atoms with Crippen molar-refractivity contribution >= 4 is 16.5 Å². The quantitative estimate of drug-likeness (QED) is 0.829. The fourth-order valence-electron chi connectivity index (χ4n) is 2.79. The maximum atomic E-state index is 5.84. The number of nitrogens with two attached hydrogens (primary N) is 1. The van der Waals surface area contributed by atoms with Crippen molar-refractivity contribution in [3.05, 3.63) is 53.6 Å². The lowest BCUT2D eigenvalue weighted by atomic mass is 10.0. The maximum absolute atomic E-state index is 5.84. The first-order valence-corrected chi connectivity index (χ1v) is 6.91. The fourth-order valence-corrected chi connectivity index (χ4v) is 2.79. The summed E-state index contributed by atoms with van der Waals surface area (Å²) in [5.74, 6) is 0. The van der Waals surface area contributed by atoms with Crippen LogP contribution in [0.25, 0.3) is 10.8 Å². The highest BCUT2D eigenvalue weighted by atomic mass is 15.1. The van der Waals surface area contributed by atoms with Crippen LogP contribution in [0.4, 0.5) is 5.69 Å². The molecular weight excluding hydrogens is 232 g/mol. The number of fused-ring (bicyclic) bond motifs is 1. The van der Waals surface area contributed by atoms with Gasteiger partial charge in [-0.3, -0.25) is 0 Å². The molecule has 2 heteroatoms. The zero-order valence-electron chi connectivity index (χ0n) is 11.4. The molecular formula is C17H20N2. The molecule has 2 nitrogen and oxygen atoms in total. The zero-order chi connectivity index (χ0) is 13.2. The third-order valence-electron chi connectivity index (χ3n) is 3.99. The summed E-state index contributed by atoms with van der Waals surface area (Å²) in [6.07, 6.45) is 3.49. The summed E-state index contributed by atoms with van der Waals surface area (Å²) in [6, 6.07) is 13.0. The second-order valence-corrected chi connectivity index (χ2v) is 5.24. The molecule has 0 saturated heterocycles. The smallest absolute Gasteiger partial charge is 0.0449 e. The van der Waals surface area contributed by atoms with Crippen LogP contribution in [-0.2, 0) is 6.54 Å². The molecule has 2 aromatic rings. The van der Waals surface area contributed by atoms with Crippen molar-refractivity contribution < 1.29 is 0 Å². The molecule has 0 bridgehead atoms. The minimum Gasteiger partial charge on any atom is -0.367 e. The van der Waals surface area contributed by atoms with Gasteiger partial charge in [-0.1, -0.05) is 42.0 Å². The van der Waals surface area contributed by atoms with Gasteiger partial charge in [0, 0.05) is 30.7 Å². The summed E-state index contributed by atoms with van der Waals surface area (Å²) in [6.45, 7) is 4.93. The molecule has 2 N–H and O–H groups in total. The number of rotatable bonds is 2. The van der Waals surface area contributed by atoms with E-state index in [0.717, 1.165) is 19.5 Å². The number of anilines is 1. The normalized spacial score (nSPS) is 15.7. The van der Waals surface area contributed by atoms with E-state index in [0.29, 0.717) is 6.54 Å². The summed E-state index contributed by atoms with van der Waals surface area (Å²) in [7, 11) is 0. The van der Waals surface area contributed by atoms with Gasteiger partial charge in [0.15, 0.2) is 0 Å². The van der Waals surface area contributed by atoms with Gasteiger partial charge in [0.1, 0.15) is 0 Å². The van der Waals surface area contributed by atoms with Crippen LogP contribution in [0.5, 0.6) is 0 Å². The minimum absolute atomic E-state index is 0.597. The summed E-state index contributed by atoms with van der Waals surface area (Å²) >= 11 is 0. The first-order chi connectivity index (χ1) is 9.29. The second-order valence-electron chi connectivity index (χ2n) is 5.24. The van der Waals surface area contributed by atoms with Gasteiger partial charge in [-0.2, -0.15) is 0 Å². The second kappa shape index (κ2) is 5.06. The van der Waals surface area contributed by atoms with Gasteiger partial charge in [0.25, 0.3) is 0 Å². The molecule has 0 aromatic heterocycles. The van der Waals surface area contributed by atoms with Crippen LogP contribution < -0.4 is 10.6 Å². The van der Waals surface area contributed by atoms with E-state index in [-0.39, 0.29) is 0 Å². The van der Waals surface area contributed by atoms with Gasteiger partial charge in [-0.25, -0.2) is 0 Å². The maximum Gasteiger partial charge on any atom is 0.0449 e. The van der Waals surface area contributed by atoms with E-state index in [9.17, 15) is 0 Å². The predicted molar refractivity (Wildman–Crippen MR) is 82.4 cm³/mol. The van der Waals surface area contributed by atoms with Crippen LogP contribution in [0.1, 0.15) is 18.9 Å². The van der Waals surface area contributed by atoms with Crippen LogP contribution in [0.3, 0.4) is 0 Å². The first kappa shape index (κ1) is 12.2. The lowest BCUT2D eigenvalue weighted by Crippen LogP contribution is -2.28. The summed E-state index contributed by atoms with van der Waals surface area (Å²) in [5, 5.41) is 2.60. The standard InChI is InChI=1S/C17H20N2/c1-13-8-10-19(11-9-13)17-7-6-14(12-18)15-4-2-3-5-16(15)17/h2-8H,9-12,18H2,1H3. The monoisotopic (exact) mass is 252 g/mol. The summed E-state index contributed by atoms with van der Waals surface area (Å²) < 4.78 is 0. The molecule has 1 aliphatic heterocycles. The lowest BCUT2D eigenvalue weighted by molar-refractivity contribution is 0.790. The van der Waals surface area contributed by atoms with Gasteiger partial charge in [0.2, 0.25) is 0 Å². The van der Waals surface area contributed by atoms with Gasteiger partial charge in [-0.05, 0) is 30.4 Å². The Bertz CT molecular complexity index is 628. The zero-order valence-corrected chi connectivity index (χ0v) is 11.4. The van der Waals surface area contributed by atoms with Crippen LogP contribution in [0.15, 0.2) is 48.0 Å². The molecule has 19 heavy (non-hydrogen) atoms. The van der Waals surface area contributed by atoms with Crippen molar-refractivity contribution in [1.82, 2.24) is 0 Å². The molecule has 0 saturated carbocycles. The average molecular weight is 252 g/mol. The third-order valence-corrected chi connectivity index (χ3v) is 3.99. The predicted octanol–water partition coefficient (Wildman–Crippen LogP) is 3.45. The Morgan fingerprint density at radius 2 is 1.89 bits per heavy atom. The van der Waals surface area contributed by atoms with Crippen molar-refractivity contribution in [3.63, 3.8) is 0 Å². The fraction of sp³-hybridized carbons (Fsp3) is 0.294. The van der Waals surface area contributed by atoms with Gasteiger partial charge in [-0.15, -0.1) is 0 Å². The Hall–Kier alpha value is -1.80. The average Bonchev–Trinajstić information content (AvgIpc) is 2.47. The van der Waals surface area contributed by atoms with Crippen molar-refractivity contribution in [1.29, 1.82) is 0 Å².